The van der Waals surface area contributed by atoms with E-state index < -0.39 is 15.8 Å². The molecule has 0 saturated carbocycles. The molecule has 2 rings (SSSR count). The van der Waals surface area contributed by atoms with E-state index in [-0.39, 0.29) is 23.5 Å². The largest absolute Gasteiger partial charge is 0.478 e. The zero-order valence-electron chi connectivity index (χ0n) is 11.4. The Balaban J connectivity index is 2.08. The van der Waals surface area contributed by atoms with Crippen molar-refractivity contribution in [1.29, 1.82) is 0 Å². The number of carbonyl (C=O) groups excluding carboxylic acids is 1. The number of carboxylic acid groups (broad SMARTS) is 1. The summed E-state index contributed by atoms with van der Waals surface area (Å²) in [5.41, 5.74) is 0.442. The molecule has 1 aromatic rings. The zero-order chi connectivity index (χ0) is 15.6. The van der Waals surface area contributed by atoms with Gasteiger partial charge < -0.3 is 10.0 Å². The minimum atomic E-state index is -3.04. The van der Waals surface area contributed by atoms with Gasteiger partial charge in [0.05, 0.1) is 17.1 Å². The summed E-state index contributed by atoms with van der Waals surface area (Å²) in [6.07, 6.45) is 2.89. The first-order valence-corrected chi connectivity index (χ1v) is 8.96. The van der Waals surface area contributed by atoms with Gasteiger partial charge in [-0.15, -0.1) is 11.3 Å². The van der Waals surface area contributed by atoms with Crippen molar-refractivity contribution in [2.24, 2.45) is 0 Å². The highest BCUT2D eigenvalue weighted by Gasteiger charge is 2.33. The Morgan fingerprint density at radius 2 is 2.19 bits per heavy atom. The second-order valence-corrected chi connectivity index (χ2v) is 8.05. The number of carboxylic acids is 1. The second-order valence-electron chi connectivity index (χ2n) is 4.88. The van der Waals surface area contributed by atoms with E-state index in [9.17, 15) is 18.0 Å². The SMILES string of the molecule is CN(C(=O)c1csc(C=CC(=O)O)c1)C1CCS(=O)(=O)C1. The molecule has 1 aromatic heterocycles. The molecular formula is C13H15NO5S2. The van der Waals surface area contributed by atoms with Crippen LogP contribution in [0.15, 0.2) is 17.5 Å². The number of nitrogens with zero attached hydrogens (tertiary/aromatic N) is 1. The minimum Gasteiger partial charge on any atom is -0.478 e. The van der Waals surface area contributed by atoms with Crippen molar-refractivity contribution in [2.45, 2.75) is 12.5 Å². The van der Waals surface area contributed by atoms with Crippen LogP contribution in [0.4, 0.5) is 0 Å². The summed E-state index contributed by atoms with van der Waals surface area (Å²) in [5, 5.41) is 10.2. The summed E-state index contributed by atoms with van der Waals surface area (Å²) in [4.78, 5) is 24.8. The number of hydrogen-bond acceptors (Lipinski definition) is 5. The summed E-state index contributed by atoms with van der Waals surface area (Å²) in [6, 6.07) is 1.31. The smallest absolute Gasteiger partial charge is 0.328 e. The number of hydrogen-bond donors (Lipinski definition) is 1. The Labute approximate surface area is 126 Å². The molecule has 1 aliphatic heterocycles. The van der Waals surface area contributed by atoms with Gasteiger partial charge in [-0.3, -0.25) is 4.79 Å². The van der Waals surface area contributed by atoms with Crippen molar-refractivity contribution in [2.75, 3.05) is 18.6 Å². The van der Waals surface area contributed by atoms with E-state index in [1.54, 1.807) is 18.5 Å². The highest BCUT2D eigenvalue weighted by Crippen LogP contribution is 2.22. The van der Waals surface area contributed by atoms with Crippen LogP contribution in [0.5, 0.6) is 0 Å². The molecule has 1 amide bonds. The average molecular weight is 329 g/mol. The molecule has 1 unspecified atom stereocenters. The Bertz CT molecular complexity index is 689. The van der Waals surface area contributed by atoms with Gasteiger partial charge >= 0.3 is 5.97 Å². The van der Waals surface area contributed by atoms with Crippen molar-refractivity contribution in [3.8, 4) is 0 Å². The lowest BCUT2D eigenvalue weighted by molar-refractivity contribution is -0.131. The third kappa shape index (κ3) is 3.92. The Hall–Kier alpha value is -1.67. The van der Waals surface area contributed by atoms with Crippen LogP contribution in [0, 0.1) is 0 Å². The molecule has 0 radical (unpaired) electrons. The third-order valence-corrected chi connectivity index (χ3v) is 5.98. The van der Waals surface area contributed by atoms with Crippen molar-refractivity contribution in [3.63, 3.8) is 0 Å². The number of sulfone groups is 1. The van der Waals surface area contributed by atoms with Gasteiger partial charge in [0.25, 0.3) is 5.91 Å². The number of carbonyl (C=O) groups is 2. The van der Waals surface area contributed by atoms with Gasteiger partial charge in [0.15, 0.2) is 9.84 Å². The fourth-order valence-electron chi connectivity index (χ4n) is 2.16. The van der Waals surface area contributed by atoms with Crippen LogP contribution < -0.4 is 0 Å². The van der Waals surface area contributed by atoms with Gasteiger partial charge in [-0.05, 0) is 18.6 Å². The summed E-state index contributed by atoms with van der Waals surface area (Å²) in [6.45, 7) is 0. The van der Waals surface area contributed by atoms with E-state index in [4.69, 9.17) is 5.11 Å². The predicted molar refractivity (Wildman–Crippen MR) is 80.1 cm³/mol. The van der Waals surface area contributed by atoms with Gasteiger partial charge in [0.2, 0.25) is 0 Å². The highest BCUT2D eigenvalue weighted by molar-refractivity contribution is 7.91. The molecule has 6 nitrogen and oxygen atoms in total. The quantitative estimate of drug-likeness (QED) is 0.835. The van der Waals surface area contributed by atoms with Gasteiger partial charge in [-0.2, -0.15) is 0 Å². The molecule has 0 spiro atoms. The van der Waals surface area contributed by atoms with E-state index in [0.29, 0.717) is 16.9 Å². The Morgan fingerprint density at radius 3 is 2.76 bits per heavy atom. The van der Waals surface area contributed by atoms with Crippen molar-refractivity contribution < 1.29 is 23.1 Å². The number of rotatable bonds is 4. The minimum absolute atomic E-state index is 0.00511. The first kappa shape index (κ1) is 15.7. The highest BCUT2D eigenvalue weighted by atomic mass is 32.2. The van der Waals surface area contributed by atoms with Crippen LogP contribution >= 0.6 is 11.3 Å². The van der Waals surface area contributed by atoms with Crippen LogP contribution in [0.1, 0.15) is 21.7 Å². The molecule has 1 saturated heterocycles. The predicted octanol–water partition coefficient (Wildman–Crippen LogP) is 1.11. The van der Waals surface area contributed by atoms with E-state index in [2.05, 4.69) is 0 Å². The molecule has 1 aliphatic rings. The van der Waals surface area contributed by atoms with Gasteiger partial charge in [0.1, 0.15) is 0 Å². The molecule has 2 heterocycles. The maximum atomic E-state index is 12.3. The maximum absolute atomic E-state index is 12.3. The normalized spacial score (nSPS) is 20.7. The molecule has 1 N–H and O–H groups in total. The van der Waals surface area contributed by atoms with Gasteiger partial charge in [-0.1, -0.05) is 0 Å². The molecule has 114 valence electrons. The summed E-state index contributed by atoms with van der Waals surface area (Å²) < 4.78 is 22.9. The van der Waals surface area contributed by atoms with E-state index in [0.717, 1.165) is 6.08 Å². The zero-order valence-corrected chi connectivity index (χ0v) is 13.0. The third-order valence-electron chi connectivity index (χ3n) is 3.33. The Kier molecular flexibility index (Phi) is 4.48. The van der Waals surface area contributed by atoms with Crippen LogP contribution in [0.3, 0.4) is 0 Å². The molecule has 21 heavy (non-hydrogen) atoms. The first-order valence-electron chi connectivity index (χ1n) is 6.25. The first-order chi connectivity index (χ1) is 9.78. The van der Waals surface area contributed by atoms with Crippen LogP contribution in [-0.4, -0.2) is 54.9 Å². The summed E-state index contributed by atoms with van der Waals surface area (Å²) in [7, 11) is -1.44. The monoisotopic (exact) mass is 329 g/mol. The molecule has 0 aliphatic carbocycles. The summed E-state index contributed by atoms with van der Waals surface area (Å²) in [5.74, 6) is -1.18. The summed E-state index contributed by atoms with van der Waals surface area (Å²) >= 11 is 1.26. The van der Waals surface area contributed by atoms with E-state index >= 15 is 0 Å². The number of thiophene rings is 1. The lowest BCUT2D eigenvalue weighted by atomic mass is 10.2. The van der Waals surface area contributed by atoms with Crippen LogP contribution in [-0.2, 0) is 14.6 Å². The van der Waals surface area contributed by atoms with Crippen LogP contribution in [0.25, 0.3) is 6.08 Å². The molecule has 8 heteroatoms. The van der Waals surface area contributed by atoms with E-state index in [1.165, 1.54) is 22.3 Å². The molecule has 1 fully saturated rings. The maximum Gasteiger partial charge on any atom is 0.328 e. The van der Waals surface area contributed by atoms with Gasteiger partial charge in [-0.25, -0.2) is 13.2 Å². The second kappa shape index (κ2) is 5.98. The van der Waals surface area contributed by atoms with Crippen molar-refractivity contribution in [1.82, 2.24) is 4.90 Å². The lowest BCUT2D eigenvalue weighted by Crippen LogP contribution is -2.37. The molecule has 1 atom stereocenters. The lowest BCUT2D eigenvalue weighted by Gasteiger charge is -2.22. The standard InChI is InChI=1S/C13H15NO5S2/c1-14(10-4-5-21(18,19)8-10)13(17)9-6-11(20-7-9)2-3-12(15)16/h2-3,6-7,10H,4-5,8H2,1H3,(H,15,16). The Morgan fingerprint density at radius 1 is 1.48 bits per heavy atom. The number of amides is 1. The molecule has 0 bridgehead atoms. The fraction of sp³-hybridized carbons (Fsp3) is 0.385. The molecule has 0 aromatic carbocycles. The number of aliphatic carboxylic acids is 1. The average Bonchev–Trinajstić information content (AvgIpc) is 3.01. The van der Waals surface area contributed by atoms with Crippen molar-refractivity contribution in [3.05, 3.63) is 28.0 Å². The van der Waals surface area contributed by atoms with Gasteiger partial charge in [0, 0.05) is 29.4 Å². The van der Waals surface area contributed by atoms with Crippen molar-refractivity contribution >= 4 is 39.1 Å². The fourth-order valence-corrected chi connectivity index (χ4v) is 4.70. The van der Waals surface area contributed by atoms with Crippen LogP contribution in [0.2, 0.25) is 0 Å². The van der Waals surface area contributed by atoms with E-state index in [1.807, 2.05) is 0 Å². The topological polar surface area (TPSA) is 91.8 Å². The molecular weight excluding hydrogens is 314 g/mol.